The van der Waals surface area contributed by atoms with E-state index in [0.717, 1.165) is 24.0 Å². The summed E-state index contributed by atoms with van der Waals surface area (Å²) < 4.78 is 2.64. The Balaban J connectivity index is 1.98. The Bertz CT molecular complexity index is 825. The van der Waals surface area contributed by atoms with E-state index >= 15 is 0 Å². The summed E-state index contributed by atoms with van der Waals surface area (Å²) in [6.45, 7) is 3.64. The lowest BCUT2D eigenvalue weighted by Gasteiger charge is -2.30. The Hall–Kier alpha value is -2.01. The molecule has 5 nitrogen and oxygen atoms in total. The van der Waals surface area contributed by atoms with Crippen LogP contribution in [-0.4, -0.2) is 9.24 Å². The number of rotatable bonds is 3. The van der Waals surface area contributed by atoms with Crippen LogP contribution in [0.25, 0.3) is 0 Å². The van der Waals surface area contributed by atoms with Crippen molar-refractivity contribution >= 4 is 11.6 Å². The summed E-state index contributed by atoms with van der Waals surface area (Å²) in [5, 5.41) is 0.00518. The van der Waals surface area contributed by atoms with Crippen molar-refractivity contribution in [3.05, 3.63) is 68.5 Å². The van der Waals surface area contributed by atoms with E-state index in [-0.39, 0.29) is 28.7 Å². The van der Waals surface area contributed by atoms with Gasteiger partial charge in [0.1, 0.15) is 0 Å². The molecule has 0 aliphatic heterocycles. The second-order valence-corrected chi connectivity index (χ2v) is 6.65. The van der Waals surface area contributed by atoms with E-state index in [0.29, 0.717) is 0 Å². The fourth-order valence-electron chi connectivity index (χ4n) is 3.11. The van der Waals surface area contributed by atoms with Crippen molar-refractivity contribution < 1.29 is 0 Å². The highest BCUT2D eigenvalue weighted by molar-refractivity contribution is 6.21. The third-order valence-electron chi connectivity index (χ3n) is 4.24. The van der Waals surface area contributed by atoms with Crippen LogP contribution in [0.5, 0.6) is 0 Å². The zero-order valence-electron chi connectivity index (χ0n) is 13.2. The standard InChI is InChI=1S/C17H20ClN3O2/c1-11(2)21-16(22)9-10-20(17(21)23)19-15-8-7-14(18)12-5-3-4-6-13(12)15/h3-6,9-11,14-15,19H,7-8H2,1-2H3. The van der Waals surface area contributed by atoms with Crippen molar-refractivity contribution in [2.45, 2.75) is 44.1 Å². The monoisotopic (exact) mass is 333 g/mol. The van der Waals surface area contributed by atoms with Crippen molar-refractivity contribution in [1.82, 2.24) is 9.24 Å². The molecular formula is C17H20ClN3O2. The summed E-state index contributed by atoms with van der Waals surface area (Å²) in [5.74, 6) is 0. The van der Waals surface area contributed by atoms with Gasteiger partial charge in [0, 0.05) is 18.3 Å². The number of halogens is 1. The Kier molecular flexibility index (Phi) is 4.31. The van der Waals surface area contributed by atoms with E-state index in [1.54, 1.807) is 0 Å². The lowest BCUT2D eigenvalue weighted by Crippen LogP contribution is -2.44. The van der Waals surface area contributed by atoms with E-state index in [2.05, 4.69) is 5.43 Å². The summed E-state index contributed by atoms with van der Waals surface area (Å²) in [7, 11) is 0. The van der Waals surface area contributed by atoms with Crippen LogP contribution in [0.2, 0.25) is 0 Å². The second kappa shape index (κ2) is 6.24. The molecule has 3 rings (SSSR count). The summed E-state index contributed by atoms with van der Waals surface area (Å²) in [5.41, 5.74) is 4.81. The van der Waals surface area contributed by atoms with Crippen molar-refractivity contribution in [3.63, 3.8) is 0 Å². The molecule has 0 bridgehead atoms. The number of hydrogen-bond acceptors (Lipinski definition) is 3. The molecule has 6 heteroatoms. The van der Waals surface area contributed by atoms with Gasteiger partial charge in [-0.15, -0.1) is 11.6 Å². The van der Waals surface area contributed by atoms with Crippen molar-refractivity contribution in [2.75, 3.05) is 5.43 Å². The SMILES string of the molecule is CC(C)n1c(=O)ccn(NC2CCC(Cl)c3ccccc32)c1=O. The molecule has 1 aliphatic rings. The van der Waals surface area contributed by atoms with E-state index in [9.17, 15) is 9.59 Å². The Labute approximate surface area is 139 Å². The minimum absolute atomic E-state index is 0.00276. The molecule has 1 aliphatic carbocycles. The van der Waals surface area contributed by atoms with Crippen molar-refractivity contribution in [1.29, 1.82) is 0 Å². The van der Waals surface area contributed by atoms with Crippen LogP contribution >= 0.6 is 11.6 Å². The largest absolute Gasteiger partial charge is 0.349 e. The van der Waals surface area contributed by atoms with Gasteiger partial charge in [-0.05, 0) is 37.8 Å². The Morgan fingerprint density at radius 2 is 1.83 bits per heavy atom. The molecule has 0 amide bonds. The van der Waals surface area contributed by atoms with E-state index in [1.165, 1.54) is 21.5 Å². The average Bonchev–Trinajstić information content (AvgIpc) is 2.52. The third kappa shape index (κ3) is 2.93. The van der Waals surface area contributed by atoms with Crippen molar-refractivity contribution in [2.24, 2.45) is 0 Å². The fraction of sp³-hybridized carbons (Fsp3) is 0.412. The highest BCUT2D eigenvalue weighted by atomic mass is 35.5. The molecule has 2 unspecified atom stereocenters. The second-order valence-electron chi connectivity index (χ2n) is 6.13. The first kappa shape index (κ1) is 15.9. The molecule has 1 aromatic carbocycles. The summed E-state index contributed by atoms with van der Waals surface area (Å²) in [6, 6.07) is 9.23. The molecule has 0 saturated heterocycles. The normalized spacial score (nSPS) is 20.3. The van der Waals surface area contributed by atoms with Gasteiger partial charge in [0.05, 0.1) is 11.4 Å². The molecule has 0 saturated carbocycles. The zero-order valence-corrected chi connectivity index (χ0v) is 14.0. The molecule has 2 atom stereocenters. The first-order valence-corrected chi connectivity index (χ1v) is 8.26. The smallest absolute Gasteiger partial charge is 0.314 e. The lowest BCUT2D eigenvalue weighted by atomic mass is 9.88. The lowest BCUT2D eigenvalue weighted by molar-refractivity contribution is 0.491. The number of aromatic nitrogens is 2. The first-order chi connectivity index (χ1) is 11.0. The Morgan fingerprint density at radius 1 is 1.13 bits per heavy atom. The van der Waals surface area contributed by atoms with Crippen LogP contribution in [0.1, 0.15) is 55.3 Å². The number of nitrogens with one attached hydrogen (secondary N) is 1. The maximum absolute atomic E-state index is 12.5. The molecule has 1 heterocycles. The number of hydrogen-bond donors (Lipinski definition) is 1. The van der Waals surface area contributed by atoms with Crippen LogP contribution in [0, 0.1) is 0 Å². The molecular weight excluding hydrogens is 314 g/mol. The minimum Gasteiger partial charge on any atom is -0.314 e. The summed E-state index contributed by atoms with van der Waals surface area (Å²) in [6.07, 6.45) is 3.17. The Morgan fingerprint density at radius 3 is 2.52 bits per heavy atom. The molecule has 0 spiro atoms. The number of benzene rings is 1. The van der Waals surface area contributed by atoms with Gasteiger partial charge in [0.25, 0.3) is 5.56 Å². The topological polar surface area (TPSA) is 56.0 Å². The van der Waals surface area contributed by atoms with Gasteiger partial charge in [-0.3, -0.25) is 9.36 Å². The van der Waals surface area contributed by atoms with Crippen LogP contribution < -0.4 is 16.7 Å². The predicted octanol–water partition coefficient (Wildman–Crippen LogP) is 2.95. The highest BCUT2D eigenvalue weighted by Crippen LogP contribution is 2.39. The van der Waals surface area contributed by atoms with Crippen molar-refractivity contribution in [3.8, 4) is 0 Å². The highest BCUT2D eigenvalue weighted by Gasteiger charge is 2.26. The van der Waals surface area contributed by atoms with Gasteiger partial charge in [-0.1, -0.05) is 24.3 Å². The van der Waals surface area contributed by atoms with Crippen LogP contribution in [0.15, 0.2) is 46.1 Å². The summed E-state index contributed by atoms with van der Waals surface area (Å²) >= 11 is 6.39. The molecule has 122 valence electrons. The quantitative estimate of drug-likeness (QED) is 0.879. The molecule has 0 fully saturated rings. The summed E-state index contributed by atoms with van der Waals surface area (Å²) in [4.78, 5) is 24.4. The van der Waals surface area contributed by atoms with Gasteiger partial charge >= 0.3 is 5.69 Å². The van der Waals surface area contributed by atoms with E-state index in [4.69, 9.17) is 11.6 Å². The van der Waals surface area contributed by atoms with Gasteiger partial charge in [0.15, 0.2) is 0 Å². The molecule has 2 aromatic rings. The number of fused-ring (bicyclic) bond motifs is 1. The van der Waals surface area contributed by atoms with Gasteiger partial charge < -0.3 is 5.43 Å². The number of nitrogens with zero attached hydrogens (tertiary/aromatic N) is 2. The average molecular weight is 334 g/mol. The van der Waals surface area contributed by atoms with Crippen LogP contribution in [0.4, 0.5) is 0 Å². The van der Waals surface area contributed by atoms with Gasteiger partial charge in [-0.2, -0.15) is 0 Å². The molecule has 1 aromatic heterocycles. The zero-order chi connectivity index (χ0) is 16.6. The van der Waals surface area contributed by atoms with Gasteiger partial charge in [-0.25, -0.2) is 9.47 Å². The molecule has 0 radical (unpaired) electrons. The van der Waals surface area contributed by atoms with Crippen LogP contribution in [-0.2, 0) is 0 Å². The molecule has 23 heavy (non-hydrogen) atoms. The van der Waals surface area contributed by atoms with E-state index < -0.39 is 0 Å². The molecule has 1 N–H and O–H groups in total. The van der Waals surface area contributed by atoms with E-state index in [1.807, 2.05) is 38.1 Å². The van der Waals surface area contributed by atoms with Crippen LogP contribution in [0.3, 0.4) is 0 Å². The number of alkyl halides is 1. The third-order valence-corrected chi connectivity index (χ3v) is 4.70. The maximum atomic E-state index is 12.5. The fourth-order valence-corrected chi connectivity index (χ4v) is 3.43. The predicted molar refractivity (Wildman–Crippen MR) is 91.7 cm³/mol. The first-order valence-electron chi connectivity index (χ1n) is 7.82. The maximum Gasteiger partial charge on any atom is 0.349 e. The van der Waals surface area contributed by atoms with Gasteiger partial charge in [0.2, 0.25) is 0 Å². The minimum atomic E-state index is -0.349.